The van der Waals surface area contributed by atoms with E-state index in [0.29, 0.717) is 40.4 Å². The number of nitro groups is 1. The smallest absolute Gasteiger partial charge is 0.279 e. The molecule has 0 saturated heterocycles. The third-order valence-corrected chi connectivity index (χ3v) is 8.87. The number of nitro benzene ring substituents is 1. The number of unbranched alkanes of at least 4 members (excludes halogenated alkanes) is 2. The van der Waals surface area contributed by atoms with Crippen LogP contribution < -0.4 is 9.54 Å². The largest absolute Gasteiger partial charge is 0.494 e. The molecule has 0 radical (unpaired) electrons. The average Bonchev–Trinajstić information content (AvgIpc) is 3.24. The molecular formula is C25H32N4O6S2. The van der Waals surface area contributed by atoms with Gasteiger partial charge in [-0.05, 0) is 44.0 Å². The Balaban J connectivity index is 1.97. The van der Waals surface area contributed by atoms with Crippen molar-refractivity contribution in [3.05, 3.63) is 56.9 Å². The van der Waals surface area contributed by atoms with E-state index in [0.717, 1.165) is 37.0 Å². The summed E-state index contributed by atoms with van der Waals surface area (Å²) in [5.41, 5.74) is 0.744. The van der Waals surface area contributed by atoms with Gasteiger partial charge in [0.05, 0.1) is 27.7 Å². The molecule has 10 nitrogen and oxygen atoms in total. The summed E-state index contributed by atoms with van der Waals surface area (Å²) < 4.78 is 35.6. The van der Waals surface area contributed by atoms with Gasteiger partial charge in [0, 0.05) is 31.3 Å². The Hall–Kier alpha value is -3.09. The lowest BCUT2D eigenvalue weighted by Crippen LogP contribution is -2.33. The van der Waals surface area contributed by atoms with Crippen molar-refractivity contribution in [1.82, 2.24) is 8.87 Å². The second-order valence-electron chi connectivity index (χ2n) is 8.43. The summed E-state index contributed by atoms with van der Waals surface area (Å²) in [6, 6.07) is 8.58. The molecule has 12 heteroatoms. The lowest BCUT2D eigenvalue weighted by Gasteiger charge is -2.22. The van der Waals surface area contributed by atoms with Crippen molar-refractivity contribution in [3.63, 3.8) is 0 Å². The molecule has 3 rings (SSSR count). The molecule has 0 fully saturated rings. The molecule has 0 atom stereocenters. The molecule has 2 aromatic carbocycles. The average molecular weight is 549 g/mol. The van der Waals surface area contributed by atoms with Crippen LogP contribution in [0.4, 0.5) is 5.69 Å². The molecule has 0 aliphatic heterocycles. The first-order valence-electron chi connectivity index (χ1n) is 12.2. The maximum absolute atomic E-state index is 13.2. The Bertz CT molecular complexity index is 1430. The van der Waals surface area contributed by atoms with Gasteiger partial charge in [-0.1, -0.05) is 38.0 Å². The number of hydrogen-bond acceptors (Lipinski definition) is 7. The normalized spacial score (nSPS) is 12.4. The van der Waals surface area contributed by atoms with Crippen LogP contribution in [0.25, 0.3) is 10.2 Å². The first-order valence-corrected chi connectivity index (χ1v) is 14.5. The fraction of sp³-hybridized carbons (Fsp3) is 0.440. The SMILES string of the molecule is CCCCN(CCCC)S(=O)(=O)c1ccc(C(=O)N=c2sc3cc([N+](=O)[O-])cc(OC)c3n2CC)cc1. The Morgan fingerprint density at radius 1 is 1.11 bits per heavy atom. The Labute approximate surface area is 220 Å². The molecule has 3 aromatic rings. The number of ether oxygens (including phenoxy) is 1. The van der Waals surface area contributed by atoms with E-state index in [-0.39, 0.29) is 16.1 Å². The Morgan fingerprint density at radius 3 is 2.24 bits per heavy atom. The fourth-order valence-electron chi connectivity index (χ4n) is 3.89. The van der Waals surface area contributed by atoms with Crippen LogP contribution in [-0.2, 0) is 16.6 Å². The molecule has 0 aliphatic carbocycles. The van der Waals surface area contributed by atoms with Crippen molar-refractivity contribution in [2.45, 2.75) is 57.9 Å². The summed E-state index contributed by atoms with van der Waals surface area (Å²) in [6.45, 7) is 7.29. The van der Waals surface area contributed by atoms with Gasteiger partial charge in [0.25, 0.3) is 11.6 Å². The molecule has 0 saturated carbocycles. The minimum absolute atomic E-state index is 0.115. The fourth-order valence-corrected chi connectivity index (χ4v) is 6.55. The molecule has 0 aliphatic rings. The van der Waals surface area contributed by atoms with E-state index in [1.165, 1.54) is 47.8 Å². The number of thiazole rings is 1. The highest BCUT2D eigenvalue weighted by Crippen LogP contribution is 2.32. The second kappa shape index (κ2) is 12.4. The van der Waals surface area contributed by atoms with Gasteiger partial charge >= 0.3 is 0 Å². The maximum atomic E-state index is 13.2. The second-order valence-corrected chi connectivity index (χ2v) is 11.4. The van der Waals surface area contributed by atoms with Gasteiger partial charge in [0.2, 0.25) is 10.0 Å². The highest BCUT2D eigenvalue weighted by Gasteiger charge is 2.24. The summed E-state index contributed by atoms with van der Waals surface area (Å²) in [5, 5.41) is 11.3. The van der Waals surface area contributed by atoms with Crippen molar-refractivity contribution in [1.29, 1.82) is 0 Å². The number of benzene rings is 2. The van der Waals surface area contributed by atoms with Crippen molar-refractivity contribution in [2.24, 2.45) is 4.99 Å². The van der Waals surface area contributed by atoms with Gasteiger partial charge in [0.15, 0.2) is 10.6 Å². The van der Waals surface area contributed by atoms with Gasteiger partial charge in [-0.3, -0.25) is 14.9 Å². The lowest BCUT2D eigenvalue weighted by atomic mass is 10.2. The number of aromatic nitrogens is 1. The van der Waals surface area contributed by atoms with Crippen LogP contribution in [0, 0.1) is 10.1 Å². The van der Waals surface area contributed by atoms with Crippen LogP contribution in [0.15, 0.2) is 46.3 Å². The van der Waals surface area contributed by atoms with Crippen molar-refractivity contribution in [3.8, 4) is 5.75 Å². The monoisotopic (exact) mass is 548 g/mol. The number of hydrogen-bond donors (Lipinski definition) is 0. The number of carbonyl (C=O) groups excluding carboxylic acids is 1. The lowest BCUT2D eigenvalue weighted by molar-refractivity contribution is -0.384. The van der Waals surface area contributed by atoms with E-state index < -0.39 is 20.9 Å². The number of fused-ring (bicyclic) bond motifs is 1. The maximum Gasteiger partial charge on any atom is 0.279 e. The van der Waals surface area contributed by atoms with Gasteiger partial charge in [-0.15, -0.1) is 0 Å². The predicted molar refractivity (Wildman–Crippen MR) is 144 cm³/mol. The first-order chi connectivity index (χ1) is 17.7. The van der Waals surface area contributed by atoms with E-state index in [1.807, 2.05) is 20.8 Å². The zero-order valence-electron chi connectivity index (χ0n) is 21.5. The number of carbonyl (C=O) groups is 1. The minimum Gasteiger partial charge on any atom is -0.494 e. The van der Waals surface area contributed by atoms with Crippen LogP contribution in [0.5, 0.6) is 5.75 Å². The highest BCUT2D eigenvalue weighted by atomic mass is 32.2. The molecule has 0 bridgehead atoms. The zero-order valence-corrected chi connectivity index (χ0v) is 23.1. The van der Waals surface area contributed by atoms with E-state index in [2.05, 4.69) is 4.99 Å². The van der Waals surface area contributed by atoms with E-state index in [4.69, 9.17) is 4.74 Å². The van der Waals surface area contributed by atoms with Crippen molar-refractivity contribution >= 4 is 43.2 Å². The molecule has 0 spiro atoms. The van der Waals surface area contributed by atoms with Crippen molar-refractivity contribution in [2.75, 3.05) is 20.2 Å². The van der Waals surface area contributed by atoms with Gasteiger partial charge < -0.3 is 9.30 Å². The number of nitrogens with zero attached hydrogens (tertiary/aromatic N) is 4. The molecule has 0 unspecified atom stereocenters. The number of rotatable bonds is 12. The molecular weight excluding hydrogens is 516 g/mol. The summed E-state index contributed by atoms with van der Waals surface area (Å²) in [4.78, 5) is 28.6. The summed E-state index contributed by atoms with van der Waals surface area (Å²) in [7, 11) is -2.24. The Morgan fingerprint density at radius 2 is 1.73 bits per heavy atom. The molecule has 37 heavy (non-hydrogen) atoms. The number of aryl methyl sites for hydroxylation is 1. The van der Waals surface area contributed by atoms with E-state index >= 15 is 0 Å². The third-order valence-electron chi connectivity index (χ3n) is 5.93. The number of sulfonamides is 1. The summed E-state index contributed by atoms with van der Waals surface area (Å²) >= 11 is 1.15. The summed E-state index contributed by atoms with van der Waals surface area (Å²) in [5.74, 6) is -0.221. The van der Waals surface area contributed by atoms with Crippen LogP contribution in [0.2, 0.25) is 0 Å². The molecule has 0 N–H and O–H groups in total. The highest BCUT2D eigenvalue weighted by molar-refractivity contribution is 7.89. The van der Waals surface area contributed by atoms with E-state index in [1.54, 1.807) is 4.57 Å². The standard InChI is InChI=1S/C25H32N4O6S2/c1-5-8-14-27(15-9-6-2)37(33,34)20-12-10-18(11-13-20)24(30)26-25-28(7-3)23-21(35-4)16-19(29(31)32)17-22(23)36-25/h10-13,16-17H,5-9,14-15H2,1-4H3. The molecule has 1 aromatic heterocycles. The summed E-state index contributed by atoms with van der Waals surface area (Å²) in [6.07, 6.45) is 3.33. The molecule has 1 amide bonds. The van der Waals surface area contributed by atoms with Crippen molar-refractivity contribution < 1.29 is 22.9 Å². The number of amides is 1. The third kappa shape index (κ3) is 6.25. The minimum atomic E-state index is -3.67. The van der Waals surface area contributed by atoms with Crippen LogP contribution in [0.3, 0.4) is 0 Å². The molecule has 1 heterocycles. The quantitative estimate of drug-likeness (QED) is 0.232. The van der Waals surface area contributed by atoms with Gasteiger partial charge in [-0.2, -0.15) is 9.30 Å². The van der Waals surface area contributed by atoms with Gasteiger partial charge in [-0.25, -0.2) is 8.42 Å². The van der Waals surface area contributed by atoms with Crippen LogP contribution >= 0.6 is 11.3 Å². The number of methoxy groups -OCH3 is 1. The van der Waals surface area contributed by atoms with Gasteiger partial charge in [0.1, 0.15) is 5.52 Å². The first kappa shape index (κ1) is 28.5. The predicted octanol–water partition coefficient (Wildman–Crippen LogP) is 4.97. The zero-order chi connectivity index (χ0) is 27.2. The topological polar surface area (TPSA) is 124 Å². The van der Waals surface area contributed by atoms with Crippen LogP contribution in [-0.4, -0.2) is 48.3 Å². The van der Waals surface area contributed by atoms with Crippen LogP contribution in [0.1, 0.15) is 56.8 Å². The Kier molecular flexibility index (Phi) is 9.57. The number of non-ortho nitro benzene ring substituents is 1. The molecule has 200 valence electrons. The van der Waals surface area contributed by atoms with E-state index in [9.17, 15) is 23.3 Å².